The Balaban J connectivity index is 2.45. The van der Waals surface area contributed by atoms with Gasteiger partial charge < -0.3 is 9.67 Å². The highest BCUT2D eigenvalue weighted by Crippen LogP contribution is 2.29. The number of carboxylic acid groups (broad SMARTS) is 1. The van der Waals surface area contributed by atoms with Gasteiger partial charge in [0.05, 0.1) is 6.42 Å². The van der Waals surface area contributed by atoms with Gasteiger partial charge >= 0.3 is 5.97 Å². The van der Waals surface area contributed by atoms with Crippen LogP contribution in [0.4, 0.5) is 0 Å². The molecule has 1 N–H and O–H groups in total. The van der Waals surface area contributed by atoms with Crippen LogP contribution < -0.4 is 0 Å². The number of aliphatic carboxylic acids is 1. The van der Waals surface area contributed by atoms with E-state index in [4.69, 9.17) is 5.11 Å². The molecule has 0 amide bonds. The van der Waals surface area contributed by atoms with E-state index < -0.39 is 5.97 Å². The van der Waals surface area contributed by atoms with Gasteiger partial charge in [0.25, 0.3) is 0 Å². The molecule has 0 unspecified atom stereocenters. The maximum absolute atomic E-state index is 10.9. The van der Waals surface area contributed by atoms with Crippen molar-refractivity contribution in [2.75, 3.05) is 0 Å². The first-order valence-corrected chi connectivity index (χ1v) is 5.67. The molecule has 0 radical (unpaired) electrons. The second kappa shape index (κ2) is 3.91. The number of benzene rings is 1. The summed E-state index contributed by atoms with van der Waals surface area (Å²) in [5.74, 6) is -0.761. The monoisotopic (exact) mass is 231 g/mol. The summed E-state index contributed by atoms with van der Waals surface area (Å²) in [6.45, 7) is 3.93. The number of hydrogen-bond acceptors (Lipinski definition) is 1. The van der Waals surface area contributed by atoms with E-state index in [-0.39, 0.29) is 11.8 Å². The third kappa shape index (κ3) is 2.18. The maximum Gasteiger partial charge on any atom is 0.304 e. The molecule has 0 saturated carbocycles. The summed E-state index contributed by atoms with van der Waals surface area (Å²) >= 11 is 0. The van der Waals surface area contributed by atoms with E-state index in [0.717, 1.165) is 10.9 Å². The Kier molecular flexibility index (Phi) is 2.69. The second-order valence-electron chi connectivity index (χ2n) is 5.15. The molecule has 2 rings (SSSR count). The average molecular weight is 231 g/mol. The van der Waals surface area contributed by atoms with Gasteiger partial charge in [0, 0.05) is 24.2 Å². The molecule has 17 heavy (non-hydrogen) atoms. The fraction of sp³-hybridized carbons (Fsp3) is 0.357. The molecule has 1 aromatic heterocycles. The summed E-state index contributed by atoms with van der Waals surface area (Å²) in [6.07, 6.45) is 2.16. The van der Waals surface area contributed by atoms with Crippen LogP contribution in [0.5, 0.6) is 0 Å². The minimum atomic E-state index is -0.761. The van der Waals surface area contributed by atoms with Crippen molar-refractivity contribution in [3.63, 3.8) is 0 Å². The fourth-order valence-corrected chi connectivity index (χ4v) is 2.18. The van der Waals surface area contributed by atoms with Crippen molar-refractivity contribution < 1.29 is 9.90 Å². The first-order valence-electron chi connectivity index (χ1n) is 5.67. The van der Waals surface area contributed by atoms with E-state index >= 15 is 0 Å². The first kappa shape index (κ1) is 11.7. The van der Waals surface area contributed by atoms with E-state index in [1.54, 1.807) is 0 Å². The number of rotatable bonds is 3. The van der Waals surface area contributed by atoms with E-state index in [2.05, 4.69) is 16.7 Å². The topological polar surface area (TPSA) is 42.2 Å². The summed E-state index contributed by atoms with van der Waals surface area (Å²) in [7, 11) is 2.00. The quantitative estimate of drug-likeness (QED) is 0.882. The standard InChI is InChI=1S/C14H17NO2/c1-14(2,9-13(16)17)11-4-5-12-10(8-11)6-7-15(12)3/h4-8H,9H2,1-3H3,(H,16,17). The second-order valence-corrected chi connectivity index (χ2v) is 5.15. The van der Waals surface area contributed by atoms with E-state index in [0.29, 0.717) is 0 Å². The van der Waals surface area contributed by atoms with Crippen LogP contribution in [0, 0.1) is 0 Å². The molecule has 0 bridgehead atoms. The van der Waals surface area contributed by atoms with Crippen molar-refractivity contribution in [2.45, 2.75) is 25.7 Å². The molecule has 0 fully saturated rings. The minimum Gasteiger partial charge on any atom is -0.481 e. The number of aromatic nitrogens is 1. The zero-order chi connectivity index (χ0) is 12.6. The Morgan fingerprint density at radius 3 is 2.71 bits per heavy atom. The number of hydrogen-bond donors (Lipinski definition) is 1. The molecule has 3 nitrogen and oxygen atoms in total. The van der Waals surface area contributed by atoms with Crippen LogP contribution in [0.2, 0.25) is 0 Å². The van der Waals surface area contributed by atoms with Crippen LogP contribution in [0.15, 0.2) is 30.5 Å². The smallest absolute Gasteiger partial charge is 0.304 e. The normalized spacial score (nSPS) is 11.9. The highest BCUT2D eigenvalue weighted by atomic mass is 16.4. The Labute approximate surface area is 101 Å². The minimum absolute atomic E-state index is 0.144. The van der Waals surface area contributed by atoms with Gasteiger partial charge in [-0.1, -0.05) is 19.9 Å². The van der Waals surface area contributed by atoms with Crippen molar-refractivity contribution in [1.29, 1.82) is 0 Å². The summed E-state index contributed by atoms with van der Waals surface area (Å²) in [4.78, 5) is 10.9. The molecule has 2 aromatic rings. The Morgan fingerprint density at radius 1 is 1.35 bits per heavy atom. The van der Waals surface area contributed by atoms with Crippen molar-refractivity contribution >= 4 is 16.9 Å². The van der Waals surface area contributed by atoms with Gasteiger partial charge in [0.2, 0.25) is 0 Å². The zero-order valence-electron chi connectivity index (χ0n) is 10.4. The molecule has 0 spiro atoms. The maximum atomic E-state index is 10.9. The van der Waals surface area contributed by atoms with Gasteiger partial charge in [-0.05, 0) is 29.1 Å². The van der Waals surface area contributed by atoms with Gasteiger partial charge in [-0.3, -0.25) is 4.79 Å². The van der Waals surface area contributed by atoms with Crippen LogP contribution >= 0.6 is 0 Å². The average Bonchev–Trinajstić information content (AvgIpc) is 2.58. The molecule has 0 saturated heterocycles. The van der Waals surface area contributed by atoms with Crippen molar-refractivity contribution in [3.8, 4) is 0 Å². The summed E-state index contributed by atoms with van der Waals surface area (Å²) in [5.41, 5.74) is 1.90. The number of carbonyl (C=O) groups is 1. The Bertz CT molecular complexity index is 567. The molecule has 0 atom stereocenters. The molecule has 1 aromatic carbocycles. The van der Waals surface area contributed by atoms with Gasteiger partial charge in [0.15, 0.2) is 0 Å². The number of fused-ring (bicyclic) bond motifs is 1. The van der Waals surface area contributed by atoms with E-state index in [1.165, 1.54) is 5.52 Å². The first-order chi connectivity index (χ1) is 7.90. The van der Waals surface area contributed by atoms with Crippen LogP contribution in [-0.4, -0.2) is 15.6 Å². The SMILES string of the molecule is Cn1ccc2cc(C(C)(C)CC(=O)O)ccc21. The van der Waals surface area contributed by atoms with Crippen LogP contribution in [0.25, 0.3) is 10.9 Å². The van der Waals surface area contributed by atoms with Crippen molar-refractivity contribution in [1.82, 2.24) is 4.57 Å². The third-order valence-electron chi connectivity index (χ3n) is 3.26. The molecular weight excluding hydrogens is 214 g/mol. The van der Waals surface area contributed by atoms with Crippen molar-refractivity contribution in [2.24, 2.45) is 7.05 Å². The van der Waals surface area contributed by atoms with E-state index in [1.807, 2.05) is 39.2 Å². The van der Waals surface area contributed by atoms with Gasteiger partial charge in [-0.2, -0.15) is 0 Å². The lowest BCUT2D eigenvalue weighted by Crippen LogP contribution is -2.21. The number of aryl methyl sites for hydroxylation is 1. The molecule has 1 heterocycles. The van der Waals surface area contributed by atoms with Crippen LogP contribution in [-0.2, 0) is 17.3 Å². The molecule has 3 heteroatoms. The van der Waals surface area contributed by atoms with Crippen LogP contribution in [0.3, 0.4) is 0 Å². The van der Waals surface area contributed by atoms with Gasteiger partial charge in [0.1, 0.15) is 0 Å². The number of carboxylic acids is 1. The predicted octanol–water partition coefficient (Wildman–Crippen LogP) is 2.93. The van der Waals surface area contributed by atoms with Gasteiger partial charge in [-0.15, -0.1) is 0 Å². The third-order valence-corrected chi connectivity index (χ3v) is 3.26. The lowest BCUT2D eigenvalue weighted by molar-refractivity contribution is -0.138. The molecule has 0 aliphatic carbocycles. The van der Waals surface area contributed by atoms with E-state index in [9.17, 15) is 4.79 Å². The molecule has 0 aliphatic rings. The summed E-state index contributed by atoms with van der Waals surface area (Å²) < 4.78 is 2.06. The predicted molar refractivity (Wildman–Crippen MR) is 68.2 cm³/mol. The van der Waals surface area contributed by atoms with Crippen LogP contribution in [0.1, 0.15) is 25.8 Å². The number of nitrogens with zero attached hydrogens (tertiary/aromatic N) is 1. The lowest BCUT2D eigenvalue weighted by Gasteiger charge is -2.23. The summed E-state index contributed by atoms with van der Waals surface area (Å²) in [6, 6.07) is 8.20. The summed E-state index contributed by atoms with van der Waals surface area (Å²) in [5, 5.41) is 10.1. The van der Waals surface area contributed by atoms with Gasteiger partial charge in [-0.25, -0.2) is 0 Å². The Hall–Kier alpha value is -1.77. The molecular formula is C14H17NO2. The lowest BCUT2D eigenvalue weighted by atomic mass is 9.81. The molecule has 90 valence electrons. The largest absolute Gasteiger partial charge is 0.481 e. The molecule has 0 aliphatic heterocycles. The Morgan fingerprint density at radius 2 is 2.06 bits per heavy atom. The van der Waals surface area contributed by atoms with Crippen molar-refractivity contribution in [3.05, 3.63) is 36.0 Å². The highest BCUT2D eigenvalue weighted by molar-refractivity contribution is 5.81. The zero-order valence-corrected chi connectivity index (χ0v) is 10.4. The fourth-order valence-electron chi connectivity index (χ4n) is 2.18. The highest BCUT2D eigenvalue weighted by Gasteiger charge is 2.24.